The summed E-state index contributed by atoms with van der Waals surface area (Å²) in [4.78, 5) is 0. The summed E-state index contributed by atoms with van der Waals surface area (Å²) in [5, 5.41) is 8.32. The van der Waals surface area contributed by atoms with Crippen molar-refractivity contribution in [2.24, 2.45) is 0 Å². The molecule has 1 aromatic carbocycles. The van der Waals surface area contributed by atoms with Crippen LogP contribution in [-0.2, 0) is 0 Å². The highest BCUT2D eigenvalue weighted by molar-refractivity contribution is 9.10. The third kappa shape index (κ3) is 3.02. The molecule has 64 valence electrons. The molecule has 0 spiro atoms. The average molecular weight is 230 g/mol. The molecule has 3 heteroatoms. The molecule has 0 N–H and O–H groups in total. The third-order valence-corrected chi connectivity index (χ3v) is 1.69. The average Bonchev–Trinajstić information content (AvgIpc) is 2.13. The summed E-state index contributed by atoms with van der Waals surface area (Å²) in [5.74, 6) is -0.404. The van der Waals surface area contributed by atoms with E-state index in [1.165, 1.54) is 12.1 Å². The number of halogens is 2. The van der Waals surface area contributed by atoms with Crippen molar-refractivity contribution in [1.82, 2.24) is 0 Å². The van der Waals surface area contributed by atoms with Crippen LogP contribution in [0.3, 0.4) is 0 Å². The zero-order chi connectivity index (χ0) is 9.56. The van der Waals surface area contributed by atoms with Crippen LogP contribution in [-0.4, -0.2) is 0 Å². The second-order valence-electron chi connectivity index (χ2n) is 1.74. The number of nitrogens with zero attached hydrogens (tertiary/aromatic N) is 1. The first kappa shape index (κ1) is 11.1. The molecule has 1 rings (SSSR count). The lowest BCUT2D eigenvalue weighted by Crippen LogP contribution is -1.78. The maximum Gasteiger partial charge on any atom is 0.138 e. The zero-order valence-electron chi connectivity index (χ0n) is 6.94. The van der Waals surface area contributed by atoms with Crippen LogP contribution in [0.5, 0.6) is 0 Å². The first-order valence-corrected chi connectivity index (χ1v) is 4.38. The van der Waals surface area contributed by atoms with Gasteiger partial charge in [0.1, 0.15) is 5.82 Å². The van der Waals surface area contributed by atoms with E-state index < -0.39 is 5.82 Å². The molecule has 0 heterocycles. The van der Waals surface area contributed by atoms with Gasteiger partial charge in [0.2, 0.25) is 0 Å². The molecule has 0 aromatic heterocycles. The molecule has 0 atom stereocenters. The van der Waals surface area contributed by atoms with Crippen molar-refractivity contribution >= 4 is 15.9 Å². The lowest BCUT2D eigenvalue weighted by molar-refractivity contribution is 0.620. The van der Waals surface area contributed by atoms with Gasteiger partial charge in [-0.15, -0.1) is 0 Å². The lowest BCUT2D eigenvalue weighted by atomic mass is 10.2. The zero-order valence-corrected chi connectivity index (χ0v) is 8.52. The second-order valence-corrected chi connectivity index (χ2v) is 2.60. The summed E-state index contributed by atoms with van der Waals surface area (Å²) in [6, 6.07) is 6.08. The Morgan fingerprint density at radius 1 is 1.42 bits per heavy atom. The number of hydrogen-bond acceptors (Lipinski definition) is 1. The van der Waals surface area contributed by atoms with Crippen molar-refractivity contribution in [3.05, 3.63) is 34.1 Å². The largest absolute Gasteiger partial charge is 0.206 e. The normalized spacial score (nSPS) is 7.92. The fourth-order valence-electron chi connectivity index (χ4n) is 0.566. The predicted octanol–water partition coefficient (Wildman–Crippen LogP) is 3.49. The highest BCUT2D eigenvalue weighted by atomic mass is 79.9. The Balaban J connectivity index is 0.000000561. The molecular weight excluding hydrogens is 221 g/mol. The van der Waals surface area contributed by atoms with E-state index in [9.17, 15) is 4.39 Å². The minimum Gasteiger partial charge on any atom is -0.206 e. The third-order valence-electron chi connectivity index (χ3n) is 1.05. The highest BCUT2D eigenvalue weighted by Gasteiger charge is 1.97. The van der Waals surface area contributed by atoms with E-state index in [0.717, 1.165) is 0 Å². The molecule has 0 aliphatic carbocycles. The van der Waals surface area contributed by atoms with Gasteiger partial charge in [-0.2, -0.15) is 5.26 Å². The summed E-state index contributed by atoms with van der Waals surface area (Å²) in [6.07, 6.45) is 0. The summed E-state index contributed by atoms with van der Waals surface area (Å²) in [7, 11) is 0. The lowest BCUT2D eigenvalue weighted by Gasteiger charge is -1.91. The number of benzene rings is 1. The summed E-state index contributed by atoms with van der Waals surface area (Å²) >= 11 is 2.97. The van der Waals surface area contributed by atoms with Gasteiger partial charge in [-0.1, -0.05) is 13.8 Å². The molecule has 0 saturated carbocycles. The van der Waals surface area contributed by atoms with Crippen LogP contribution in [0.15, 0.2) is 22.7 Å². The topological polar surface area (TPSA) is 23.8 Å². The van der Waals surface area contributed by atoms with Crippen LogP contribution >= 0.6 is 15.9 Å². The Bertz CT molecular complexity index is 291. The van der Waals surface area contributed by atoms with Gasteiger partial charge < -0.3 is 0 Å². The monoisotopic (exact) mass is 229 g/mol. The Hall–Kier alpha value is -0.880. The van der Waals surface area contributed by atoms with E-state index in [0.29, 0.717) is 10.0 Å². The molecule has 0 amide bonds. The Labute approximate surface area is 80.0 Å². The number of rotatable bonds is 0. The molecule has 0 radical (unpaired) electrons. The molecule has 0 bridgehead atoms. The minimum atomic E-state index is -0.404. The van der Waals surface area contributed by atoms with Gasteiger partial charge in [0.05, 0.1) is 16.1 Å². The molecule has 0 fully saturated rings. The fourth-order valence-corrected chi connectivity index (χ4v) is 0.812. The van der Waals surface area contributed by atoms with Crippen LogP contribution < -0.4 is 0 Å². The van der Waals surface area contributed by atoms with Gasteiger partial charge in [-0.05, 0) is 34.1 Å². The first-order chi connectivity index (χ1) is 5.74. The number of hydrogen-bond donors (Lipinski definition) is 0. The maximum absolute atomic E-state index is 12.6. The Kier molecular flexibility index (Phi) is 5.31. The summed E-state index contributed by atoms with van der Waals surface area (Å²) in [6.45, 7) is 4.00. The second kappa shape index (κ2) is 5.73. The van der Waals surface area contributed by atoms with Crippen molar-refractivity contribution in [1.29, 1.82) is 5.26 Å². The molecular formula is C9H9BrFN. The van der Waals surface area contributed by atoms with Gasteiger partial charge in [0.15, 0.2) is 0 Å². The van der Waals surface area contributed by atoms with Crippen LogP contribution in [0.2, 0.25) is 0 Å². The fraction of sp³-hybridized carbons (Fsp3) is 0.222. The van der Waals surface area contributed by atoms with E-state index in [2.05, 4.69) is 15.9 Å². The van der Waals surface area contributed by atoms with Crippen LogP contribution in [0.4, 0.5) is 4.39 Å². The van der Waals surface area contributed by atoms with Crippen molar-refractivity contribution in [3.8, 4) is 6.07 Å². The van der Waals surface area contributed by atoms with Crippen molar-refractivity contribution in [2.75, 3.05) is 0 Å². The van der Waals surface area contributed by atoms with E-state index in [1.807, 2.05) is 19.9 Å². The number of nitriles is 1. The smallest absolute Gasteiger partial charge is 0.138 e. The Morgan fingerprint density at radius 2 is 2.00 bits per heavy atom. The van der Waals surface area contributed by atoms with Crippen LogP contribution in [0.1, 0.15) is 19.4 Å². The van der Waals surface area contributed by atoms with Gasteiger partial charge in [-0.25, -0.2) is 4.39 Å². The Morgan fingerprint density at radius 3 is 2.42 bits per heavy atom. The quantitative estimate of drug-likeness (QED) is 0.669. The maximum atomic E-state index is 12.6. The SMILES string of the molecule is CC.N#Cc1ccc(Br)c(F)c1. The van der Waals surface area contributed by atoms with Crippen LogP contribution in [0.25, 0.3) is 0 Å². The summed E-state index contributed by atoms with van der Waals surface area (Å²) in [5.41, 5.74) is 0.334. The van der Waals surface area contributed by atoms with Crippen LogP contribution in [0, 0.1) is 17.1 Å². The van der Waals surface area contributed by atoms with Crippen molar-refractivity contribution in [3.63, 3.8) is 0 Å². The first-order valence-electron chi connectivity index (χ1n) is 3.59. The highest BCUT2D eigenvalue weighted by Crippen LogP contribution is 2.15. The van der Waals surface area contributed by atoms with E-state index >= 15 is 0 Å². The molecule has 1 aromatic rings. The van der Waals surface area contributed by atoms with Crippen molar-refractivity contribution < 1.29 is 4.39 Å². The molecule has 1 nitrogen and oxygen atoms in total. The van der Waals surface area contributed by atoms with E-state index in [4.69, 9.17) is 5.26 Å². The standard InChI is InChI=1S/C7H3BrFN.C2H6/c8-6-2-1-5(4-10)3-7(6)9;1-2/h1-3H;1-2H3. The summed E-state index contributed by atoms with van der Waals surface area (Å²) < 4.78 is 12.9. The molecule has 0 unspecified atom stereocenters. The molecule has 12 heavy (non-hydrogen) atoms. The molecule has 0 aliphatic rings. The van der Waals surface area contributed by atoms with E-state index in [-0.39, 0.29) is 0 Å². The van der Waals surface area contributed by atoms with Gasteiger partial charge in [-0.3, -0.25) is 0 Å². The van der Waals surface area contributed by atoms with E-state index in [1.54, 1.807) is 6.07 Å². The predicted molar refractivity (Wildman–Crippen MR) is 50.2 cm³/mol. The molecule has 0 aliphatic heterocycles. The minimum absolute atomic E-state index is 0.334. The van der Waals surface area contributed by atoms with Gasteiger partial charge in [0.25, 0.3) is 0 Å². The van der Waals surface area contributed by atoms with Gasteiger partial charge >= 0.3 is 0 Å². The van der Waals surface area contributed by atoms with Gasteiger partial charge in [0, 0.05) is 0 Å². The van der Waals surface area contributed by atoms with Crippen molar-refractivity contribution in [2.45, 2.75) is 13.8 Å². The molecule has 0 saturated heterocycles.